The molecule has 0 unspecified atom stereocenters. The van der Waals surface area contributed by atoms with E-state index in [1.807, 2.05) is 60.7 Å². The van der Waals surface area contributed by atoms with Gasteiger partial charge in [0, 0.05) is 23.5 Å². The van der Waals surface area contributed by atoms with Gasteiger partial charge in [0.25, 0.3) is 0 Å². The highest BCUT2D eigenvalue weighted by atomic mass is 16.4. The molecule has 6 aromatic rings. The third kappa shape index (κ3) is 4.98. The highest BCUT2D eigenvalue weighted by molar-refractivity contribution is 5.97. The van der Waals surface area contributed by atoms with Crippen LogP contribution in [0.25, 0.3) is 55.7 Å². The van der Waals surface area contributed by atoms with E-state index in [1.54, 1.807) is 12.4 Å². The zero-order valence-corrected chi connectivity index (χ0v) is 23.9. The van der Waals surface area contributed by atoms with Crippen LogP contribution in [-0.2, 0) is 0 Å². The lowest BCUT2D eigenvalue weighted by Gasteiger charge is -2.18. The van der Waals surface area contributed by atoms with Gasteiger partial charge in [-0.3, -0.25) is 4.98 Å². The van der Waals surface area contributed by atoms with Gasteiger partial charge in [-0.05, 0) is 70.2 Å². The van der Waals surface area contributed by atoms with Gasteiger partial charge in [0.15, 0.2) is 17.3 Å². The molecule has 2 heterocycles. The molecule has 0 atom stereocenters. The first-order chi connectivity index (χ1) is 21.9. The van der Waals surface area contributed by atoms with E-state index in [0.29, 0.717) is 11.4 Å². The maximum atomic E-state index is 10.8. The quantitative estimate of drug-likeness (QED) is 0.101. The van der Waals surface area contributed by atoms with Crippen molar-refractivity contribution in [2.45, 2.75) is 12.8 Å². The molecule has 4 aromatic carbocycles. The number of aromatic nitrogens is 3. The van der Waals surface area contributed by atoms with E-state index in [0.717, 1.165) is 57.0 Å². The SMILES string of the molecule is Oc1c(O)c(O)c(-c2nc(C3=CCCC(c4cccc5ccccc45)=C3)cc(-c3cccc(-c4cccnc4)c3)n2)c(O)c1O. The molecule has 1 aliphatic rings. The fraction of sp³-hybridized carbons (Fsp3) is 0.0541. The van der Waals surface area contributed by atoms with Crippen LogP contribution in [0.15, 0.2) is 109 Å². The normalized spacial score (nSPS) is 13.0. The third-order valence-electron chi connectivity index (χ3n) is 8.01. The Bertz CT molecular complexity index is 2140. The molecule has 0 fully saturated rings. The van der Waals surface area contributed by atoms with Gasteiger partial charge in [-0.25, -0.2) is 9.97 Å². The van der Waals surface area contributed by atoms with Gasteiger partial charge in [0.05, 0.1) is 11.4 Å². The van der Waals surface area contributed by atoms with Crippen LogP contribution < -0.4 is 0 Å². The summed E-state index contributed by atoms with van der Waals surface area (Å²) in [5.74, 6) is -4.92. The fourth-order valence-electron chi connectivity index (χ4n) is 5.74. The van der Waals surface area contributed by atoms with Crippen molar-refractivity contribution in [2.24, 2.45) is 0 Å². The summed E-state index contributed by atoms with van der Waals surface area (Å²) < 4.78 is 0. The summed E-state index contributed by atoms with van der Waals surface area (Å²) in [6.07, 6.45) is 9.21. The molecular weight excluding hydrogens is 566 g/mol. The van der Waals surface area contributed by atoms with Crippen molar-refractivity contribution in [3.8, 4) is 62.5 Å². The monoisotopic (exact) mass is 593 g/mol. The third-order valence-corrected chi connectivity index (χ3v) is 8.01. The number of pyridine rings is 1. The van der Waals surface area contributed by atoms with Crippen molar-refractivity contribution in [1.82, 2.24) is 15.0 Å². The predicted octanol–water partition coefficient (Wildman–Crippen LogP) is 7.81. The Kier molecular flexibility index (Phi) is 6.86. The summed E-state index contributed by atoms with van der Waals surface area (Å²) in [7, 11) is 0. The molecule has 0 saturated carbocycles. The summed E-state index contributed by atoms with van der Waals surface area (Å²) >= 11 is 0. The summed E-state index contributed by atoms with van der Waals surface area (Å²) in [5.41, 5.74) is 6.17. The Morgan fingerprint density at radius 3 is 2.09 bits per heavy atom. The number of benzene rings is 4. The van der Waals surface area contributed by atoms with Crippen LogP contribution in [0.4, 0.5) is 0 Å². The number of hydrogen-bond acceptors (Lipinski definition) is 8. The lowest BCUT2D eigenvalue weighted by molar-refractivity contribution is 0.329. The molecule has 0 bridgehead atoms. The highest BCUT2D eigenvalue weighted by Crippen LogP contribution is 2.54. The second kappa shape index (κ2) is 11.2. The molecule has 0 aliphatic heterocycles. The predicted molar refractivity (Wildman–Crippen MR) is 174 cm³/mol. The number of allylic oxidation sites excluding steroid dienone is 4. The van der Waals surface area contributed by atoms with Gasteiger partial charge < -0.3 is 25.5 Å². The van der Waals surface area contributed by atoms with E-state index in [2.05, 4.69) is 46.4 Å². The molecular formula is C37H27N3O5. The number of phenols is 5. The van der Waals surface area contributed by atoms with E-state index in [4.69, 9.17) is 4.98 Å². The minimum absolute atomic E-state index is 0.151. The molecule has 7 rings (SSSR count). The lowest BCUT2D eigenvalue weighted by atomic mass is 9.89. The van der Waals surface area contributed by atoms with Gasteiger partial charge in [0.1, 0.15) is 5.56 Å². The zero-order valence-electron chi connectivity index (χ0n) is 23.9. The first-order valence-electron chi connectivity index (χ1n) is 14.4. The van der Waals surface area contributed by atoms with Crippen molar-refractivity contribution >= 4 is 21.9 Å². The Balaban J connectivity index is 1.42. The van der Waals surface area contributed by atoms with Gasteiger partial charge in [-0.1, -0.05) is 72.8 Å². The highest BCUT2D eigenvalue weighted by Gasteiger charge is 2.27. The van der Waals surface area contributed by atoms with E-state index in [-0.39, 0.29) is 5.82 Å². The molecule has 0 amide bonds. The number of aromatic hydroxyl groups is 5. The molecule has 1 aliphatic carbocycles. The molecule has 8 heteroatoms. The standard InChI is InChI=1S/C37H27N3O5/c41-32-31(33(42)35(44)36(45)34(32)43)37-39-29(24-11-3-9-22(17-24)26-13-6-16-38-20-26)19-30(40-37)25-12-4-10-23(18-25)28-15-5-8-21-7-1-2-14-27(21)28/h1-3,5-9,11-20,41-45H,4,10H2. The summed E-state index contributed by atoms with van der Waals surface area (Å²) in [5, 5.41) is 54.5. The van der Waals surface area contributed by atoms with Crippen molar-refractivity contribution in [1.29, 1.82) is 0 Å². The lowest BCUT2D eigenvalue weighted by Crippen LogP contribution is -2.01. The van der Waals surface area contributed by atoms with Gasteiger partial charge in [0.2, 0.25) is 17.2 Å². The van der Waals surface area contributed by atoms with Crippen LogP contribution in [0.2, 0.25) is 0 Å². The Morgan fingerprint density at radius 2 is 1.29 bits per heavy atom. The zero-order chi connectivity index (χ0) is 31.1. The molecule has 0 radical (unpaired) electrons. The van der Waals surface area contributed by atoms with Crippen molar-refractivity contribution < 1.29 is 25.5 Å². The average Bonchev–Trinajstić information content (AvgIpc) is 3.10. The molecule has 220 valence electrons. The second-order valence-corrected chi connectivity index (χ2v) is 10.8. The van der Waals surface area contributed by atoms with Crippen LogP contribution in [-0.4, -0.2) is 40.5 Å². The average molecular weight is 594 g/mol. The van der Waals surface area contributed by atoms with Crippen molar-refractivity contribution in [3.05, 3.63) is 121 Å². The van der Waals surface area contributed by atoms with Crippen LogP contribution in [0, 0.1) is 0 Å². The molecule has 5 N–H and O–H groups in total. The summed E-state index contributed by atoms with van der Waals surface area (Å²) in [6, 6.07) is 27.8. The molecule has 0 saturated heterocycles. The van der Waals surface area contributed by atoms with Crippen molar-refractivity contribution in [3.63, 3.8) is 0 Å². The van der Waals surface area contributed by atoms with Crippen LogP contribution in [0.5, 0.6) is 28.7 Å². The molecule has 2 aromatic heterocycles. The number of nitrogens with zero attached hydrogens (tertiary/aromatic N) is 3. The fourth-order valence-corrected chi connectivity index (χ4v) is 5.74. The number of hydrogen-bond donors (Lipinski definition) is 5. The minimum Gasteiger partial charge on any atom is -0.504 e. The van der Waals surface area contributed by atoms with Crippen LogP contribution >= 0.6 is 0 Å². The van der Waals surface area contributed by atoms with E-state index in [9.17, 15) is 25.5 Å². The van der Waals surface area contributed by atoms with E-state index in [1.165, 1.54) is 0 Å². The van der Waals surface area contributed by atoms with Crippen molar-refractivity contribution in [2.75, 3.05) is 0 Å². The van der Waals surface area contributed by atoms with Gasteiger partial charge >= 0.3 is 0 Å². The first kappa shape index (κ1) is 27.7. The smallest absolute Gasteiger partial charge is 0.208 e. The minimum atomic E-state index is -1.05. The Morgan fingerprint density at radius 1 is 0.600 bits per heavy atom. The van der Waals surface area contributed by atoms with Gasteiger partial charge in [-0.2, -0.15) is 0 Å². The summed E-state index contributed by atoms with van der Waals surface area (Å²) in [4.78, 5) is 13.6. The molecule has 8 nitrogen and oxygen atoms in total. The number of fused-ring (bicyclic) bond motifs is 1. The first-order valence-corrected chi connectivity index (χ1v) is 14.4. The Hall–Kier alpha value is -6.15. The number of phenolic OH excluding ortho intramolecular Hbond substituents is 5. The van der Waals surface area contributed by atoms with E-state index < -0.39 is 34.3 Å². The largest absolute Gasteiger partial charge is 0.504 e. The second-order valence-electron chi connectivity index (χ2n) is 10.8. The topological polar surface area (TPSA) is 140 Å². The Labute approximate surface area is 258 Å². The van der Waals surface area contributed by atoms with Gasteiger partial charge in [-0.15, -0.1) is 0 Å². The summed E-state index contributed by atoms with van der Waals surface area (Å²) in [6.45, 7) is 0. The molecule has 0 spiro atoms. The van der Waals surface area contributed by atoms with E-state index >= 15 is 0 Å². The number of rotatable bonds is 5. The van der Waals surface area contributed by atoms with Crippen LogP contribution in [0.1, 0.15) is 24.1 Å². The van der Waals surface area contributed by atoms with Crippen LogP contribution in [0.3, 0.4) is 0 Å². The maximum absolute atomic E-state index is 10.8. The molecule has 45 heavy (non-hydrogen) atoms. The maximum Gasteiger partial charge on any atom is 0.208 e.